The van der Waals surface area contributed by atoms with E-state index in [2.05, 4.69) is 21.5 Å². The van der Waals surface area contributed by atoms with E-state index in [-0.39, 0.29) is 6.29 Å². The second-order valence-corrected chi connectivity index (χ2v) is 3.35. The molecule has 2 rings (SSSR count). The Hall–Kier alpha value is -2.57. The second-order valence-electron chi connectivity index (χ2n) is 3.35. The minimum Gasteiger partial charge on any atom is -0.382 e. The maximum Gasteiger partial charge on any atom is 0.192 e. The number of anilines is 1. The van der Waals surface area contributed by atoms with Gasteiger partial charge in [0.25, 0.3) is 0 Å². The first kappa shape index (κ1) is 13.5. The molecule has 0 amide bonds. The van der Waals surface area contributed by atoms with Gasteiger partial charge < -0.3 is 10.3 Å². The number of hydrogen-bond acceptors (Lipinski definition) is 6. The van der Waals surface area contributed by atoms with E-state index in [1.165, 1.54) is 13.3 Å². The maximum absolute atomic E-state index is 9.44. The molecule has 0 radical (unpaired) electrons. The van der Waals surface area contributed by atoms with E-state index in [4.69, 9.17) is 10.5 Å². The van der Waals surface area contributed by atoms with Gasteiger partial charge in [-0.15, -0.1) is 6.58 Å². The van der Waals surface area contributed by atoms with E-state index in [1.54, 1.807) is 12.4 Å². The molecule has 94 valence electrons. The van der Waals surface area contributed by atoms with Gasteiger partial charge in [-0.1, -0.05) is 6.08 Å². The van der Waals surface area contributed by atoms with E-state index in [9.17, 15) is 4.79 Å². The fraction of sp³-hybridized carbons (Fsp3) is 0.182. The zero-order valence-electron chi connectivity index (χ0n) is 9.91. The van der Waals surface area contributed by atoms with E-state index in [0.717, 1.165) is 5.65 Å². The Morgan fingerprint density at radius 3 is 2.72 bits per heavy atom. The minimum absolute atomic E-state index is 0.278. The highest BCUT2D eigenvalue weighted by Crippen LogP contribution is 2.13. The summed E-state index contributed by atoms with van der Waals surface area (Å²) in [6, 6.07) is 0. The Kier molecular flexibility index (Phi) is 4.67. The van der Waals surface area contributed by atoms with Gasteiger partial charge in [-0.25, -0.2) is 15.0 Å². The normalized spacial score (nSPS) is 9.39. The highest BCUT2D eigenvalue weighted by atomic mass is 16.2. The zero-order chi connectivity index (χ0) is 13.5. The molecule has 2 N–H and O–H groups in total. The Labute approximate surface area is 103 Å². The van der Waals surface area contributed by atoms with Crippen molar-refractivity contribution in [3.05, 3.63) is 25.3 Å². The number of Topliss-reactive ketones (excluding diaryl/α,β-unsaturated/α-hetero) is 1. The number of fused-ring (bicyclic) bond motifs is 1. The third-order valence-electron chi connectivity index (χ3n) is 1.92. The van der Waals surface area contributed by atoms with E-state index < -0.39 is 5.78 Å². The summed E-state index contributed by atoms with van der Waals surface area (Å²) in [5.74, 6) is -0.0159. The third kappa shape index (κ3) is 3.21. The topological polar surface area (TPSA) is 104 Å². The molecule has 0 saturated carbocycles. The van der Waals surface area contributed by atoms with Crippen molar-refractivity contribution in [1.82, 2.24) is 19.5 Å². The van der Waals surface area contributed by atoms with Crippen LogP contribution in [0.2, 0.25) is 0 Å². The van der Waals surface area contributed by atoms with Gasteiger partial charge in [-0.3, -0.25) is 9.59 Å². The van der Waals surface area contributed by atoms with E-state index in [0.29, 0.717) is 17.9 Å². The predicted octanol–water partition coefficient (Wildman–Crippen LogP) is 0.369. The van der Waals surface area contributed by atoms with Crippen LogP contribution in [0.15, 0.2) is 25.3 Å². The molecule has 0 bridgehead atoms. The first-order valence-corrected chi connectivity index (χ1v) is 5.08. The summed E-state index contributed by atoms with van der Waals surface area (Å²) in [5, 5.41) is 0. The van der Waals surface area contributed by atoms with Gasteiger partial charge in [0.2, 0.25) is 0 Å². The van der Waals surface area contributed by atoms with Crippen molar-refractivity contribution in [3.8, 4) is 0 Å². The summed E-state index contributed by atoms with van der Waals surface area (Å²) in [7, 11) is 0. The molecule has 0 unspecified atom stereocenters. The van der Waals surface area contributed by atoms with Gasteiger partial charge in [-0.2, -0.15) is 0 Å². The molecule has 0 aliphatic carbocycles. The number of ketones is 1. The maximum atomic E-state index is 9.44. The van der Waals surface area contributed by atoms with Gasteiger partial charge in [-0.05, 0) is 0 Å². The van der Waals surface area contributed by atoms with Gasteiger partial charge in [0.1, 0.15) is 11.8 Å². The van der Waals surface area contributed by atoms with Gasteiger partial charge in [0.15, 0.2) is 23.5 Å². The van der Waals surface area contributed by atoms with Crippen LogP contribution >= 0.6 is 0 Å². The van der Waals surface area contributed by atoms with Crippen LogP contribution in [-0.4, -0.2) is 31.6 Å². The average Bonchev–Trinajstić information content (AvgIpc) is 2.76. The Bertz CT molecular complexity index is 576. The second kappa shape index (κ2) is 6.24. The first-order chi connectivity index (χ1) is 8.60. The third-order valence-corrected chi connectivity index (χ3v) is 1.92. The summed E-state index contributed by atoms with van der Waals surface area (Å²) in [6.45, 7) is 5.53. The first-order valence-electron chi connectivity index (χ1n) is 5.08. The highest BCUT2D eigenvalue weighted by molar-refractivity contribution is 6.23. The molecule has 0 fully saturated rings. The van der Waals surface area contributed by atoms with Crippen LogP contribution in [0.1, 0.15) is 6.92 Å². The molecule has 2 aromatic rings. The fourth-order valence-electron chi connectivity index (χ4n) is 1.17. The SMILES string of the molecule is C=CCn1cnc2c(N)ncnc21.CC(=O)C=O. The van der Waals surface area contributed by atoms with Gasteiger partial charge in [0, 0.05) is 13.5 Å². The quantitative estimate of drug-likeness (QED) is 0.477. The molecule has 7 heteroatoms. The van der Waals surface area contributed by atoms with Crippen LogP contribution in [0.3, 0.4) is 0 Å². The van der Waals surface area contributed by atoms with Crippen LogP contribution in [-0.2, 0) is 16.1 Å². The number of imidazole rings is 1. The molecule has 0 aliphatic heterocycles. The number of nitrogens with two attached hydrogens (primary N) is 1. The van der Waals surface area contributed by atoms with Crippen molar-refractivity contribution < 1.29 is 9.59 Å². The summed E-state index contributed by atoms with van der Waals surface area (Å²) in [6.07, 6.45) is 5.16. The number of aldehydes is 1. The average molecular weight is 247 g/mol. The molecule has 0 spiro atoms. The van der Waals surface area contributed by atoms with Crippen molar-refractivity contribution in [1.29, 1.82) is 0 Å². The Morgan fingerprint density at radius 1 is 1.50 bits per heavy atom. The molecular weight excluding hydrogens is 234 g/mol. The minimum atomic E-state index is -0.426. The van der Waals surface area contributed by atoms with Crippen molar-refractivity contribution >= 4 is 29.1 Å². The predicted molar refractivity (Wildman–Crippen MR) is 66.7 cm³/mol. The number of nitrogen functional groups attached to an aromatic ring is 1. The number of carbonyl (C=O) groups is 2. The summed E-state index contributed by atoms with van der Waals surface area (Å²) < 4.78 is 1.86. The molecule has 0 aromatic carbocycles. The Morgan fingerprint density at radius 2 is 2.17 bits per heavy atom. The number of aromatic nitrogens is 4. The highest BCUT2D eigenvalue weighted by Gasteiger charge is 2.05. The van der Waals surface area contributed by atoms with E-state index in [1.807, 2.05) is 4.57 Å². The summed E-state index contributed by atoms with van der Waals surface area (Å²) >= 11 is 0. The van der Waals surface area contributed by atoms with Gasteiger partial charge in [0.05, 0.1) is 6.33 Å². The van der Waals surface area contributed by atoms with Crippen LogP contribution < -0.4 is 5.73 Å². The standard InChI is InChI=1S/C8H9N5.C3H4O2/c1-2-3-13-5-12-6-7(9)10-4-11-8(6)13;1-3(5)2-4/h2,4-5H,1,3H2,(H2,9,10,11);2H,1H3. The summed E-state index contributed by atoms with van der Waals surface area (Å²) in [4.78, 5) is 30.6. The smallest absolute Gasteiger partial charge is 0.192 e. The monoisotopic (exact) mass is 247 g/mol. The Balaban J connectivity index is 0.000000280. The fourth-order valence-corrected chi connectivity index (χ4v) is 1.17. The number of carbonyl (C=O) groups excluding carboxylic acids is 2. The van der Waals surface area contributed by atoms with Crippen molar-refractivity contribution in [3.63, 3.8) is 0 Å². The molecular formula is C11H13N5O2. The lowest BCUT2D eigenvalue weighted by Gasteiger charge is -1.97. The number of rotatable bonds is 3. The zero-order valence-corrected chi connectivity index (χ0v) is 9.91. The molecule has 2 aromatic heterocycles. The molecule has 2 heterocycles. The molecule has 18 heavy (non-hydrogen) atoms. The summed E-state index contributed by atoms with van der Waals surface area (Å²) in [5.41, 5.74) is 7.00. The van der Waals surface area contributed by atoms with Crippen molar-refractivity contribution in [2.75, 3.05) is 5.73 Å². The largest absolute Gasteiger partial charge is 0.382 e. The lowest BCUT2D eigenvalue weighted by Crippen LogP contribution is -1.97. The van der Waals surface area contributed by atoms with Crippen LogP contribution in [0, 0.1) is 0 Å². The van der Waals surface area contributed by atoms with Gasteiger partial charge >= 0.3 is 0 Å². The molecule has 0 aliphatic rings. The lowest BCUT2D eigenvalue weighted by atomic mass is 10.5. The molecule has 0 atom stereocenters. The lowest BCUT2D eigenvalue weighted by molar-refractivity contribution is -0.128. The number of nitrogens with zero attached hydrogens (tertiary/aromatic N) is 4. The van der Waals surface area contributed by atoms with E-state index >= 15 is 0 Å². The van der Waals surface area contributed by atoms with Crippen molar-refractivity contribution in [2.45, 2.75) is 13.5 Å². The van der Waals surface area contributed by atoms with Crippen LogP contribution in [0.4, 0.5) is 5.82 Å². The van der Waals surface area contributed by atoms with Crippen molar-refractivity contribution in [2.24, 2.45) is 0 Å². The molecule has 7 nitrogen and oxygen atoms in total. The van der Waals surface area contributed by atoms with Crippen LogP contribution in [0.5, 0.6) is 0 Å². The molecule has 0 saturated heterocycles. The number of hydrogen-bond donors (Lipinski definition) is 1. The van der Waals surface area contributed by atoms with Crippen LogP contribution in [0.25, 0.3) is 11.2 Å². The number of allylic oxidation sites excluding steroid dienone is 1.